The van der Waals surface area contributed by atoms with Gasteiger partial charge >= 0.3 is 0 Å². The highest BCUT2D eigenvalue weighted by Gasteiger charge is 2.31. The van der Waals surface area contributed by atoms with E-state index in [2.05, 4.69) is 23.2 Å². The zero-order valence-electron chi connectivity index (χ0n) is 12.3. The lowest BCUT2D eigenvalue weighted by Gasteiger charge is -2.13. The molecule has 3 nitrogen and oxygen atoms in total. The van der Waals surface area contributed by atoms with Crippen LogP contribution in [0.2, 0.25) is 0 Å². The first-order chi connectivity index (χ1) is 10.7. The number of carbonyl (C=O) groups is 1. The molecule has 0 radical (unpaired) electrons. The molecule has 1 fully saturated rings. The number of carbonyl (C=O) groups excluding carboxylic acids is 1. The molecule has 1 heterocycles. The van der Waals surface area contributed by atoms with Crippen LogP contribution in [0.5, 0.6) is 0 Å². The minimum atomic E-state index is -0.769. The van der Waals surface area contributed by atoms with Gasteiger partial charge in [-0.05, 0) is 29.9 Å². The fourth-order valence-corrected chi connectivity index (χ4v) is 3.19. The number of aliphatic imine (C=N–C) groups is 1. The summed E-state index contributed by atoms with van der Waals surface area (Å²) in [6, 6.07) is 16.3. The van der Waals surface area contributed by atoms with Gasteiger partial charge in [0.25, 0.3) is 0 Å². The van der Waals surface area contributed by atoms with Gasteiger partial charge in [0.15, 0.2) is 11.9 Å². The van der Waals surface area contributed by atoms with E-state index in [9.17, 15) is 4.79 Å². The smallest absolute Gasteiger partial charge is 0.175 e. The third-order valence-corrected chi connectivity index (χ3v) is 4.48. The molecular weight excluding hydrogens is 272 g/mol. The Balaban J connectivity index is 1.93. The van der Waals surface area contributed by atoms with Crippen molar-refractivity contribution in [1.82, 2.24) is 0 Å². The summed E-state index contributed by atoms with van der Waals surface area (Å²) in [5.74, 6) is 0.606. The molecule has 0 bridgehead atoms. The highest BCUT2D eigenvalue weighted by Crippen LogP contribution is 2.43. The predicted molar refractivity (Wildman–Crippen MR) is 87.2 cm³/mol. The van der Waals surface area contributed by atoms with Crippen LogP contribution < -0.4 is 5.73 Å². The number of fused-ring (bicyclic) bond motifs is 1. The molecule has 2 aliphatic rings. The maximum absolute atomic E-state index is 12.3. The first-order valence-corrected chi connectivity index (χ1v) is 7.77. The molecule has 2 aromatic rings. The Morgan fingerprint density at radius 1 is 1.00 bits per heavy atom. The van der Waals surface area contributed by atoms with Crippen LogP contribution in [0.15, 0.2) is 53.5 Å². The van der Waals surface area contributed by atoms with Gasteiger partial charge in [0, 0.05) is 17.5 Å². The van der Waals surface area contributed by atoms with Crippen molar-refractivity contribution in [1.29, 1.82) is 0 Å². The minimum Gasteiger partial charge on any atom is -0.303 e. The Morgan fingerprint density at radius 2 is 1.77 bits per heavy atom. The highest BCUT2D eigenvalue weighted by molar-refractivity contribution is 6.16. The van der Waals surface area contributed by atoms with Crippen molar-refractivity contribution in [3.8, 4) is 0 Å². The summed E-state index contributed by atoms with van der Waals surface area (Å²) in [6.45, 7) is 0. The van der Waals surface area contributed by atoms with Crippen LogP contribution >= 0.6 is 0 Å². The van der Waals surface area contributed by atoms with Crippen LogP contribution in [0.4, 0.5) is 0 Å². The summed E-state index contributed by atoms with van der Waals surface area (Å²) in [4.78, 5) is 16.9. The number of nitrogens with two attached hydrogens (primary N) is 1. The molecule has 0 aromatic heterocycles. The molecule has 2 N–H and O–H groups in total. The quantitative estimate of drug-likeness (QED) is 0.924. The molecular formula is C19H18N2O. The molecule has 0 saturated heterocycles. The summed E-state index contributed by atoms with van der Waals surface area (Å²) in [5.41, 5.74) is 11.4. The normalized spacial score (nSPS) is 21.0. The Bertz CT molecular complexity index is 760. The van der Waals surface area contributed by atoms with Crippen molar-refractivity contribution in [2.45, 2.75) is 31.3 Å². The lowest BCUT2D eigenvalue weighted by atomic mass is 9.90. The van der Waals surface area contributed by atoms with Crippen molar-refractivity contribution in [3.05, 3.63) is 70.8 Å². The number of rotatable bonds is 2. The van der Waals surface area contributed by atoms with E-state index in [0.717, 1.165) is 22.4 Å². The van der Waals surface area contributed by atoms with Crippen LogP contribution in [-0.4, -0.2) is 17.7 Å². The summed E-state index contributed by atoms with van der Waals surface area (Å²) >= 11 is 0. The van der Waals surface area contributed by atoms with Gasteiger partial charge in [0.2, 0.25) is 0 Å². The number of Topliss-reactive ketones (excluding diaryl/α,β-unsaturated/α-hetero) is 1. The fraction of sp³-hybridized carbons (Fsp3) is 0.263. The fourth-order valence-electron chi connectivity index (χ4n) is 3.19. The molecule has 1 saturated carbocycles. The van der Waals surface area contributed by atoms with E-state index in [1.54, 1.807) is 0 Å². The van der Waals surface area contributed by atoms with Gasteiger partial charge in [0.05, 0.1) is 5.71 Å². The van der Waals surface area contributed by atoms with Crippen LogP contribution in [0.1, 0.15) is 41.0 Å². The number of hydrogen-bond donors (Lipinski definition) is 1. The molecule has 1 aliphatic carbocycles. The van der Waals surface area contributed by atoms with Gasteiger partial charge in [-0.1, -0.05) is 48.5 Å². The van der Waals surface area contributed by atoms with Gasteiger partial charge in [-0.15, -0.1) is 0 Å². The predicted octanol–water partition coefficient (Wildman–Crippen LogP) is 2.81. The van der Waals surface area contributed by atoms with Crippen molar-refractivity contribution >= 4 is 11.5 Å². The van der Waals surface area contributed by atoms with E-state index in [1.807, 2.05) is 30.3 Å². The van der Waals surface area contributed by atoms with Crippen molar-refractivity contribution in [2.75, 3.05) is 0 Å². The Morgan fingerprint density at radius 3 is 2.50 bits per heavy atom. The molecule has 110 valence electrons. The molecule has 4 rings (SSSR count). The minimum absolute atomic E-state index is 0.000260. The number of benzene rings is 2. The lowest BCUT2D eigenvalue weighted by Crippen LogP contribution is -2.29. The molecule has 2 aromatic carbocycles. The molecule has 1 atom stereocenters. The zero-order valence-corrected chi connectivity index (χ0v) is 12.3. The molecule has 3 heteroatoms. The number of nitrogens with zero attached hydrogens (tertiary/aromatic N) is 1. The number of ketones is 1. The second-order valence-electron chi connectivity index (χ2n) is 6.08. The maximum atomic E-state index is 12.3. The van der Waals surface area contributed by atoms with Gasteiger partial charge in [-0.2, -0.15) is 0 Å². The van der Waals surface area contributed by atoms with Crippen molar-refractivity contribution < 1.29 is 4.79 Å². The first kappa shape index (κ1) is 13.4. The van der Waals surface area contributed by atoms with E-state index in [0.29, 0.717) is 12.3 Å². The average Bonchev–Trinajstić information content (AvgIpc) is 3.38. The zero-order chi connectivity index (χ0) is 15.1. The second-order valence-corrected chi connectivity index (χ2v) is 6.08. The van der Waals surface area contributed by atoms with E-state index in [-0.39, 0.29) is 5.78 Å². The third-order valence-electron chi connectivity index (χ3n) is 4.48. The highest BCUT2D eigenvalue weighted by atomic mass is 16.1. The molecule has 0 spiro atoms. The largest absolute Gasteiger partial charge is 0.303 e. The van der Waals surface area contributed by atoms with E-state index < -0.39 is 6.17 Å². The Hall–Kier alpha value is -2.26. The first-order valence-electron chi connectivity index (χ1n) is 7.77. The topological polar surface area (TPSA) is 55.4 Å². The molecule has 22 heavy (non-hydrogen) atoms. The maximum Gasteiger partial charge on any atom is 0.175 e. The van der Waals surface area contributed by atoms with Crippen LogP contribution in [-0.2, 0) is 11.2 Å². The van der Waals surface area contributed by atoms with E-state index in [1.165, 1.54) is 18.4 Å². The van der Waals surface area contributed by atoms with E-state index >= 15 is 0 Å². The van der Waals surface area contributed by atoms with Crippen molar-refractivity contribution in [3.63, 3.8) is 0 Å². The average molecular weight is 290 g/mol. The van der Waals surface area contributed by atoms with Crippen molar-refractivity contribution in [2.24, 2.45) is 10.7 Å². The van der Waals surface area contributed by atoms with Gasteiger partial charge in [-0.3, -0.25) is 9.79 Å². The van der Waals surface area contributed by atoms with Crippen LogP contribution in [0.25, 0.3) is 0 Å². The van der Waals surface area contributed by atoms with Gasteiger partial charge in [-0.25, -0.2) is 0 Å². The summed E-state index contributed by atoms with van der Waals surface area (Å²) in [7, 11) is 0. The Labute approximate surface area is 129 Å². The van der Waals surface area contributed by atoms with Gasteiger partial charge in [0.1, 0.15) is 0 Å². The molecule has 1 unspecified atom stereocenters. The monoisotopic (exact) mass is 290 g/mol. The molecule has 1 aliphatic heterocycles. The summed E-state index contributed by atoms with van der Waals surface area (Å²) < 4.78 is 0. The number of hydrogen-bond acceptors (Lipinski definition) is 3. The Kier molecular flexibility index (Phi) is 3.16. The summed E-state index contributed by atoms with van der Waals surface area (Å²) in [5, 5.41) is 0. The summed E-state index contributed by atoms with van der Waals surface area (Å²) in [6.07, 6.45) is 2.06. The van der Waals surface area contributed by atoms with E-state index in [4.69, 9.17) is 5.73 Å². The van der Waals surface area contributed by atoms with Crippen LogP contribution in [0, 0.1) is 0 Å². The lowest BCUT2D eigenvalue weighted by molar-refractivity contribution is -0.119. The third kappa shape index (κ3) is 2.28. The second kappa shape index (κ2) is 5.18. The van der Waals surface area contributed by atoms with Crippen LogP contribution in [0.3, 0.4) is 0 Å². The standard InChI is InChI=1S/C19H18N2O/c20-19-17(22)11-16-14(12-9-10-12)7-4-8-15(16)18(21-19)13-5-2-1-3-6-13/h1-8,12,19H,9-11,20H2. The SMILES string of the molecule is NC1N=C(c2ccccc2)c2cccc(C3CC3)c2CC1=O. The molecule has 0 amide bonds. The van der Waals surface area contributed by atoms with Gasteiger partial charge < -0.3 is 5.73 Å².